The van der Waals surface area contributed by atoms with Gasteiger partial charge in [0.2, 0.25) is 0 Å². The van der Waals surface area contributed by atoms with Gasteiger partial charge in [0.15, 0.2) is 17.5 Å². The summed E-state index contributed by atoms with van der Waals surface area (Å²) in [5.41, 5.74) is 8.48. The maximum atomic E-state index is 6.64. The molecule has 1 aliphatic heterocycles. The van der Waals surface area contributed by atoms with Gasteiger partial charge >= 0.3 is 0 Å². The zero-order chi connectivity index (χ0) is 37.0. The van der Waals surface area contributed by atoms with Crippen molar-refractivity contribution in [1.29, 1.82) is 0 Å². The standard InChI is InChI=1S/C50H31N3O3/c1-50-25-9-8-18-38(50)46-36(17-11-22-42(46)56-50)48-51-47(31-24-23-29-12-2-3-13-30(29)26-31)52-49(53-48)37-27-32(28-43-45(37)35-15-5-7-20-40(35)55-43)33-16-10-21-41-44(33)34-14-4-6-19-39(34)54-41/h2-28,38H,1H3. The minimum atomic E-state index is -0.501. The molecule has 0 amide bonds. The van der Waals surface area contributed by atoms with E-state index >= 15 is 0 Å². The number of allylic oxidation sites excluding steroid dienone is 2. The Morgan fingerprint density at radius 3 is 2.00 bits per heavy atom. The largest absolute Gasteiger partial charge is 0.482 e. The lowest BCUT2D eigenvalue weighted by Crippen LogP contribution is -2.32. The summed E-state index contributed by atoms with van der Waals surface area (Å²) in [6, 6.07) is 47.8. The predicted molar refractivity (Wildman–Crippen MR) is 224 cm³/mol. The van der Waals surface area contributed by atoms with Crippen molar-refractivity contribution >= 4 is 54.6 Å². The first kappa shape index (κ1) is 31.1. The van der Waals surface area contributed by atoms with Crippen LogP contribution in [0.5, 0.6) is 5.75 Å². The van der Waals surface area contributed by atoms with Gasteiger partial charge in [-0.15, -0.1) is 0 Å². The second-order valence-electron chi connectivity index (χ2n) is 14.9. The zero-order valence-corrected chi connectivity index (χ0v) is 30.2. The molecule has 3 aromatic heterocycles. The van der Waals surface area contributed by atoms with Crippen molar-refractivity contribution in [2.45, 2.75) is 18.4 Å². The highest BCUT2D eigenvalue weighted by molar-refractivity contribution is 6.16. The number of benzene rings is 7. The van der Waals surface area contributed by atoms with Crippen LogP contribution in [0, 0.1) is 0 Å². The molecule has 56 heavy (non-hydrogen) atoms. The molecule has 0 saturated carbocycles. The molecule has 7 aromatic carbocycles. The summed E-state index contributed by atoms with van der Waals surface area (Å²) in [5.74, 6) is 2.56. The van der Waals surface area contributed by atoms with Crippen LogP contribution in [0.25, 0.3) is 99.9 Å². The first-order valence-electron chi connectivity index (χ1n) is 18.9. The van der Waals surface area contributed by atoms with E-state index in [4.69, 9.17) is 28.5 Å². The van der Waals surface area contributed by atoms with E-state index in [0.717, 1.165) is 93.8 Å². The third-order valence-electron chi connectivity index (χ3n) is 11.5. The number of ether oxygens (including phenoxy) is 1. The molecule has 12 rings (SSSR count). The summed E-state index contributed by atoms with van der Waals surface area (Å²) >= 11 is 0. The van der Waals surface area contributed by atoms with Gasteiger partial charge in [-0.2, -0.15) is 0 Å². The molecule has 0 fully saturated rings. The third kappa shape index (κ3) is 4.59. The Hall–Kier alpha value is -7.31. The molecule has 2 unspecified atom stereocenters. The molecule has 0 saturated heterocycles. The van der Waals surface area contributed by atoms with E-state index in [1.165, 1.54) is 0 Å². The van der Waals surface area contributed by atoms with Crippen molar-refractivity contribution in [3.8, 4) is 51.0 Å². The summed E-state index contributed by atoms with van der Waals surface area (Å²) in [7, 11) is 0. The van der Waals surface area contributed by atoms with Crippen LogP contribution in [-0.4, -0.2) is 20.6 Å². The average molecular weight is 722 g/mol. The van der Waals surface area contributed by atoms with Crippen LogP contribution >= 0.6 is 0 Å². The smallest absolute Gasteiger partial charge is 0.164 e. The Morgan fingerprint density at radius 2 is 1.16 bits per heavy atom. The van der Waals surface area contributed by atoms with Crippen LogP contribution in [0.3, 0.4) is 0 Å². The molecule has 4 heterocycles. The minimum Gasteiger partial charge on any atom is -0.482 e. The van der Waals surface area contributed by atoms with Crippen molar-refractivity contribution in [3.05, 3.63) is 169 Å². The summed E-state index contributed by atoms with van der Waals surface area (Å²) in [5, 5.41) is 6.32. The summed E-state index contributed by atoms with van der Waals surface area (Å²) < 4.78 is 19.6. The second-order valence-corrected chi connectivity index (χ2v) is 14.9. The van der Waals surface area contributed by atoms with Crippen molar-refractivity contribution in [3.63, 3.8) is 0 Å². The van der Waals surface area contributed by atoms with Crippen molar-refractivity contribution in [2.75, 3.05) is 0 Å². The average Bonchev–Trinajstić information content (AvgIpc) is 3.91. The Morgan fingerprint density at radius 1 is 0.500 bits per heavy atom. The zero-order valence-electron chi connectivity index (χ0n) is 30.2. The first-order valence-corrected chi connectivity index (χ1v) is 18.9. The summed E-state index contributed by atoms with van der Waals surface area (Å²) in [4.78, 5) is 16.0. The van der Waals surface area contributed by atoms with Crippen LogP contribution in [0.2, 0.25) is 0 Å². The van der Waals surface area contributed by atoms with Crippen LogP contribution in [0.15, 0.2) is 173 Å². The molecule has 2 atom stereocenters. The predicted octanol–water partition coefficient (Wildman–Crippen LogP) is 12.9. The van der Waals surface area contributed by atoms with Crippen molar-refractivity contribution < 1.29 is 13.6 Å². The molecule has 264 valence electrons. The van der Waals surface area contributed by atoms with Crippen molar-refractivity contribution in [1.82, 2.24) is 15.0 Å². The fraction of sp³-hybridized carbons (Fsp3) is 0.0600. The summed E-state index contributed by atoms with van der Waals surface area (Å²) in [6.07, 6.45) is 8.50. The highest BCUT2D eigenvalue weighted by atomic mass is 16.5. The van der Waals surface area contributed by atoms with Gasteiger partial charge in [-0.3, -0.25) is 0 Å². The number of para-hydroxylation sites is 2. The van der Waals surface area contributed by atoms with Gasteiger partial charge < -0.3 is 13.6 Å². The van der Waals surface area contributed by atoms with E-state index < -0.39 is 5.60 Å². The van der Waals surface area contributed by atoms with E-state index in [1.807, 2.05) is 54.6 Å². The van der Waals surface area contributed by atoms with Crippen LogP contribution in [-0.2, 0) is 0 Å². The van der Waals surface area contributed by atoms with Crippen LogP contribution in [0.1, 0.15) is 18.4 Å². The fourth-order valence-electron chi connectivity index (χ4n) is 8.86. The molecule has 6 heteroatoms. The number of hydrogen-bond acceptors (Lipinski definition) is 6. The monoisotopic (exact) mass is 721 g/mol. The summed E-state index contributed by atoms with van der Waals surface area (Å²) in [6.45, 7) is 2.14. The first-order chi connectivity index (χ1) is 27.6. The Balaban J connectivity index is 1.16. The lowest BCUT2D eigenvalue weighted by atomic mass is 9.80. The van der Waals surface area contributed by atoms with Gasteiger partial charge in [-0.25, -0.2) is 15.0 Å². The van der Waals surface area contributed by atoms with Gasteiger partial charge in [0, 0.05) is 49.7 Å². The van der Waals surface area contributed by atoms with Gasteiger partial charge in [-0.1, -0.05) is 115 Å². The van der Waals surface area contributed by atoms with E-state index in [1.54, 1.807) is 0 Å². The van der Waals surface area contributed by atoms with Crippen LogP contribution in [0.4, 0.5) is 0 Å². The molecule has 1 aliphatic carbocycles. The topological polar surface area (TPSA) is 74.2 Å². The van der Waals surface area contributed by atoms with Crippen LogP contribution < -0.4 is 4.74 Å². The van der Waals surface area contributed by atoms with Gasteiger partial charge in [-0.05, 0) is 77.4 Å². The molecular weight excluding hydrogens is 691 g/mol. The molecule has 0 N–H and O–H groups in total. The van der Waals surface area contributed by atoms with Gasteiger partial charge in [0.05, 0.1) is 0 Å². The van der Waals surface area contributed by atoms with Gasteiger partial charge in [0.25, 0.3) is 0 Å². The minimum absolute atomic E-state index is 0.00107. The lowest BCUT2D eigenvalue weighted by molar-refractivity contribution is 0.155. The molecule has 10 aromatic rings. The lowest BCUT2D eigenvalue weighted by Gasteiger charge is -2.27. The molecule has 6 nitrogen and oxygen atoms in total. The highest BCUT2D eigenvalue weighted by Gasteiger charge is 2.44. The van der Waals surface area contributed by atoms with E-state index in [-0.39, 0.29) is 5.92 Å². The Kier molecular flexibility index (Phi) is 6.44. The molecular formula is C50H31N3O3. The number of fused-ring (bicyclic) bond motifs is 10. The Labute approximate surface area is 321 Å². The van der Waals surface area contributed by atoms with E-state index in [9.17, 15) is 0 Å². The number of aromatic nitrogens is 3. The second kappa shape index (κ2) is 11.6. The molecule has 0 spiro atoms. The third-order valence-corrected chi connectivity index (χ3v) is 11.5. The maximum Gasteiger partial charge on any atom is 0.164 e. The normalized spacial score (nSPS) is 17.3. The number of rotatable bonds is 4. The van der Waals surface area contributed by atoms with Crippen molar-refractivity contribution in [2.24, 2.45) is 0 Å². The number of nitrogens with zero attached hydrogens (tertiary/aromatic N) is 3. The van der Waals surface area contributed by atoms with E-state index in [2.05, 4.69) is 116 Å². The van der Waals surface area contributed by atoms with E-state index in [0.29, 0.717) is 17.5 Å². The molecule has 2 aliphatic rings. The fourth-order valence-corrected chi connectivity index (χ4v) is 8.86. The molecule has 0 radical (unpaired) electrons. The number of hydrogen-bond donors (Lipinski definition) is 0. The molecule has 0 bridgehead atoms. The SMILES string of the molecule is CC12C=CC=CC1c1c(cccc1-c1nc(-c3ccc4ccccc4c3)nc(-c3cc(-c4cccc5oc6ccccc6c45)cc4oc5ccccc5c34)n1)O2. The quantitative estimate of drug-likeness (QED) is 0.180. The maximum absolute atomic E-state index is 6.64. The number of furan rings is 2. The Bertz CT molecular complexity index is 3330. The highest BCUT2D eigenvalue weighted by Crippen LogP contribution is 2.51. The van der Waals surface area contributed by atoms with Gasteiger partial charge in [0.1, 0.15) is 33.7 Å².